The molecule has 0 saturated heterocycles. The minimum absolute atomic E-state index is 0. The van der Waals surface area contributed by atoms with Gasteiger partial charge >= 0.3 is 0 Å². The molecule has 1 aromatic rings. The lowest BCUT2D eigenvalue weighted by molar-refractivity contribution is 0.210. The Balaban J connectivity index is 0.00000121. The minimum Gasteiger partial charge on any atom is -0.335 e. The zero-order valence-corrected chi connectivity index (χ0v) is 13.3. The zero-order valence-electron chi connectivity index (χ0n) is 12.5. The Morgan fingerprint density at radius 1 is 1.15 bits per heavy atom. The van der Waals surface area contributed by atoms with Crippen LogP contribution in [0.4, 0.5) is 0 Å². The van der Waals surface area contributed by atoms with Gasteiger partial charge in [0.1, 0.15) is 5.82 Å². The van der Waals surface area contributed by atoms with Crippen LogP contribution >= 0.6 is 12.4 Å². The van der Waals surface area contributed by atoms with Crippen LogP contribution in [-0.2, 0) is 20.0 Å². The molecular weight excluding hydrogens is 270 g/mol. The van der Waals surface area contributed by atoms with E-state index in [0.29, 0.717) is 0 Å². The van der Waals surface area contributed by atoms with Crippen LogP contribution in [-0.4, -0.2) is 27.5 Å². The number of imidazole rings is 1. The topological polar surface area (TPSA) is 21.1 Å². The van der Waals surface area contributed by atoms with Crippen molar-refractivity contribution in [2.45, 2.75) is 57.4 Å². The fourth-order valence-corrected chi connectivity index (χ4v) is 4.02. The lowest BCUT2D eigenvalue weighted by atomic mass is 10.1. The standard InChI is InChI=1S/C16H25N3.ClH/c1-18-15-8-9-19(10-12-4-2-3-5-12)11-14(15)17-16(18)13-6-7-13;/h12-13H,2-11H2,1H3;1H. The van der Waals surface area contributed by atoms with Crippen molar-refractivity contribution >= 4 is 12.4 Å². The molecule has 0 amide bonds. The first-order chi connectivity index (χ1) is 9.31. The number of rotatable bonds is 3. The predicted octanol–water partition coefficient (Wildman–Crippen LogP) is 3.27. The molecule has 2 saturated carbocycles. The van der Waals surface area contributed by atoms with Crippen molar-refractivity contribution in [3.05, 3.63) is 17.2 Å². The second-order valence-electron chi connectivity index (χ2n) is 6.83. The zero-order chi connectivity index (χ0) is 12.8. The van der Waals surface area contributed by atoms with E-state index in [1.165, 1.54) is 75.2 Å². The van der Waals surface area contributed by atoms with Gasteiger partial charge in [0, 0.05) is 44.7 Å². The van der Waals surface area contributed by atoms with E-state index in [2.05, 4.69) is 16.5 Å². The first-order valence-electron chi connectivity index (χ1n) is 8.08. The summed E-state index contributed by atoms with van der Waals surface area (Å²) in [5.41, 5.74) is 2.90. The van der Waals surface area contributed by atoms with Gasteiger partial charge < -0.3 is 4.57 Å². The van der Waals surface area contributed by atoms with Crippen LogP contribution in [0.2, 0.25) is 0 Å². The first-order valence-corrected chi connectivity index (χ1v) is 8.08. The maximum absolute atomic E-state index is 4.96. The Hall–Kier alpha value is -0.540. The third-order valence-electron chi connectivity index (χ3n) is 5.30. The fraction of sp³-hybridized carbons (Fsp3) is 0.812. The summed E-state index contributed by atoms with van der Waals surface area (Å²) >= 11 is 0. The van der Waals surface area contributed by atoms with E-state index in [4.69, 9.17) is 4.98 Å². The third-order valence-corrected chi connectivity index (χ3v) is 5.30. The van der Waals surface area contributed by atoms with E-state index >= 15 is 0 Å². The van der Waals surface area contributed by atoms with Crippen molar-refractivity contribution in [1.29, 1.82) is 0 Å². The Kier molecular flexibility index (Phi) is 4.09. The maximum Gasteiger partial charge on any atom is 0.112 e. The number of nitrogens with zero attached hydrogens (tertiary/aromatic N) is 3. The van der Waals surface area contributed by atoms with Gasteiger partial charge in [-0.3, -0.25) is 4.90 Å². The average molecular weight is 296 g/mol. The molecule has 3 nitrogen and oxygen atoms in total. The number of aromatic nitrogens is 2. The highest BCUT2D eigenvalue weighted by Crippen LogP contribution is 2.40. The van der Waals surface area contributed by atoms with Gasteiger partial charge in [0.15, 0.2) is 0 Å². The van der Waals surface area contributed by atoms with E-state index in [1.807, 2.05) is 0 Å². The number of hydrogen-bond donors (Lipinski definition) is 0. The van der Waals surface area contributed by atoms with Crippen LogP contribution < -0.4 is 0 Å². The number of halogens is 1. The molecule has 0 aromatic carbocycles. The molecule has 1 aromatic heterocycles. The van der Waals surface area contributed by atoms with Gasteiger partial charge in [0.25, 0.3) is 0 Å². The number of hydrogen-bond acceptors (Lipinski definition) is 2. The predicted molar refractivity (Wildman–Crippen MR) is 83.4 cm³/mol. The van der Waals surface area contributed by atoms with Crippen LogP contribution in [0.3, 0.4) is 0 Å². The quantitative estimate of drug-likeness (QED) is 0.853. The maximum atomic E-state index is 4.96. The van der Waals surface area contributed by atoms with Gasteiger partial charge in [-0.05, 0) is 31.6 Å². The molecule has 2 fully saturated rings. The van der Waals surface area contributed by atoms with E-state index in [0.717, 1.165) is 18.4 Å². The molecule has 0 atom stereocenters. The van der Waals surface area contributed by atoms with E-state index in [1.54, 1.807) is 0 Å². The fourth-order valence-electron chi connectivity index (χ4n) is 4.02. The summed E-state index contributed by atoms with van der Waals surface area (Å²) in [7, 11) is 2.23. The molecule has 0 radical (unpaired) electrons. The monoisotopic (exact) mass is 295 g/mol. The van der Waals surface area contributed by atoms with Crippen molar-refractivity contribution in [3.8, 4) is 0 Å². The molecule has 3 aliphatic rings. The molecule has 4 rings (SSSR count). The number of fused-ring (bicyclic) bond motifs is 1. The molecule has 2 aliphatic carbocycles. The Labute approximate surface area is 128 Å². The van der Waals surface area contributed by atoms with E-state index in [-0.39, 0.29) is 12.4 Å². The molecule has 0 bridgehead atoms. The summed E-state index contributed by atoms with van der Waals surface area (Å²) in [5, 5.41) is 0. The molecule has 112 valence electrons. The molecule has 0 unspecified atom stereocenters. The van der Waals surface area contributed by atoms with Gasteiger partial charge in [-0.1, -0.05) is 12.8 Å². The second-order valence-corrected chi connectivity index (χ2v) is 6.83. The van der Waals surface area contributed by atoms with Gasteiger partial charge in [0.05, 0.1) is 5.69 Å². The third kappa shape index (κ3) is 2.62. The summed E-state index contributed by atoms with van der Waals surface area (Å²) in [6.07, 6.45) is 9.75. The SMILES string of the molecule is Cl.Cn1c(C2CC2)nc2c1CCN(CC1CCCC1)C2. The highest BCUT2D eigenvalue weighted by Gasteiger charge is 2.32. The molecule has 0 spiro atoms. The first kappa shape index (κ1) is 14.4. The minimum atomic E-state index is 0. The molecule has 1 aliphatic heterocycles. The summed E-state index contributed by atoms with van der Waals surface area (Å²) in [5.74, 6) is 3.11. The van der Waals surface area contributed by atoms with Crippen molar-refractivity contribution in [3.63, 3.8) is 0 Å². The van der Waals surface area contributed by atoms with E-state index < -0.39 is 0 Å². The van der Waals surface area contributed by atoms with Crippen LogP contribution in [0.25, 0.3) is 0 Å². The summed E-state index contributed by atoms with van der Waals surface area (Å²) < 4.78 is 2.40. The molecule has 20 heavy (non-hydrogen) atoms. The Bertz CT molecular complexity index is 472. The summed E-state index contributed by atoms with van der Waals surface area (Å²) in [6, 6.07) is 0. The lowest BCUT2D eigenvalue weighted by Gasteiger charge is -2.28. The Morgan fingerprint density at radius 2 is 1.90 bits per heavy atom. The van der Waals surface area contributed by atoms with Gasteiger partial charge in [-0.15, -0.1) is 12.4 Å². The average Bonchev–Trinajstić information content (AvgIpc) is 3.04. The van der Waals surface area contributed by atoms with E-state index in [9.17, 15) is 0 Å². The van der Waals surface area contributed by atoms with Crippen LogP contribution in [0.1, 0.15) is 61.7 Å². The van der Waals surface area contributed by atoms with Crippen molar-refractivity contribution < 1.29 is 0 Å². The molecule has 4 heteroatoms. The smallest absolute Gasteiger partial charge is 0.112 e. The lowest BCUT2D eigenvalue weighted by Crippen LogP contribution is -2.34. The van der Waals surface area contributed by atoms with Crippen molar-refractivity contribution in [1.82, 2.24) is 14.5 Å². The summed E-state index contributed by atoms with van der Waals surface area (Å²) in [6.45, 7) is 3.66. The highest BCUT2D eigenvalue weighted by molar-refractivity contribution is 5.85. The van der Waals surface area contributed by atoms with Gasteiger partial charge in [-0.2, -0.15) is 0 Å². The van der Waals surface area contributed by atoms with Gasteiger partial charge in [-0.25, -0.2) is 4.98 Å². The second kappa shape index (κ2) is 5.69. The largest absolute Gasteiger partial charge is 0.335 e. The van der Waals surface area contributed by atoms with Crippen LogP contribution in [0.15, 0.2) is 0 Å². The summed E-state index contributed by atoms with van der Waals surface area (Å²) in [4.78, 5) is 7.61. The van der Waals surface area contributed by atoms with Crippen LogP contribution in [0, 0.1) is 5.92 Å². The molecule has 2 heterocycles. The van der Waals surface area contributed by atoms with Crippen molar-refractivity contribution in [2.75, 3.05) is 13.1 Å². The normalized spacial score (nSPS) is 23.6. The van der Waals surface area contributed by atoms with Gasteiger partial charge in [0.2, 0.25) is 0 Å². The molecular formula is C16H26ClN3. The Morgan fingerprint density at radius 3 is 2.60 bits per heavy atom. The van der Waals surface area contributed by atoms with Crippen LogP contribution in [0.5, 0.6) is 0 Å². The molecule has 0 N–H and O–H groups in total. The van der Waals surface area contributed by atoms with Crippen molar-refractivity contribution in [2.24, 2.45) is 13.0 Å². The highest BCUT2D eigenvalue weighted by atomic mass is 35.5.